The van der Waals surface area contributed by atoms with Crippen molar-refractivity contribution in [3.05, 3.63) is 11.6 Å². The topological polar surface area (TPSA) is 0 Å². The maximum atomic E-state index is 2.37. The van der Waals surface area contributed by atoms with Gasteiger partial charge >= 0.3 is 0 Å². The summed E-state index contributed by atoms with van der Waals surface area (Å²) >= 11 is 0. The van der Waals surface area contributed by atoms with Crippen molar-refractivity contribution < 1.29 is 0 Å². The van der Waals surface area contributed by atoms with Crippen LogP contribution in [-0.2, 0) is 0 Å². The summed E-state index contributed by atoms with van der Waals surface area (Å²) in [6.07, 6.45) is 22.3. The van der Waals surface area contributed by atoms with Crippen LogP contribution in [0.5, 0.6) is 0 Å². The fraction of sp³-hybridized carbons (Fsp3) is 0.895. The summed E-state index contributed by atoms with van der Waals surface area (Å²) in [6.45, 7) is 6.80. The Bertz CT molecular complexity index is 190. The van der Waals surface area contributed by atoms with Gasteiger partial charge in [-0.1, -0.05) is 96.1 Å². The number of rotatable bonds is 14. The molecule has 0 aliphatic heterocycles. The first kappa shape index (κ1) is 18.7. The minimum absolute atomic E-state index is 1.20. The first-order chi connectivity index (χ1) is 9.31. The highest BCUT2D eigenvalue weighted by Crippen LogP contribution is 2.14. The minimum atomic E-state index is 1.20. The van der Waals surface area contributed by atoms with E-state index in [4.69, 9.17) is 0 Å². The Kier molecular flexibility index (Phi) is 15.6. The van der Waals surface area contributed by atoms with E-state index in [1.165, 1.54) is 89.9 Å². The van der Waals surface area contributed by atoms with Crippen LogP contribution in [0.1, 0.15) is 111 Å². The van der Waals surface area contributed by atoms with E-state index in [0.29, 0.717) is 0 Å². The number of unbranched alkanes of at least 4 members (excludes halogenated alkanes) is 11. The van der Waals surface area contributed by atoms with Gasteiger partial charge in [0.05, 0.1) is 0 Å². The van der Waals surface area contributed by atoms with Gasteiger partial charge in [0.15, 0.2) is 0 Å². The summed E-state index contributed by atoms with van der Waals surface area (Å²) in [7, 11) is 0. The highest BCUT2D eigenvalue weighted by molar-refractivity contribution is 4.96. The number of hydrogen-bond donors (Lipinski definition) is 0. The van der Waals surface area contributed by atoms with E-state index in [0.717, 1.165) is 0 Å². The lowest BCUT2D eigenvalue weighted by molar-refractivity contribution is 0.543. The molecule has 0 unspecified atom stereocenters. The molecule has 0 aliphatic rings. The van der Waals surface area contributed by atoms with Gasteiger partial charge < -0.3 is 0 Å². The van der Waals surface area contributed by atoms with Gasteiger partial charge in [0.25, 0.3) is 0 Å². The second-order valence-electron chi connectivity index (χ2n) is 6.10. The van der Waals surface area contributed by atoms with Gasteiger partial charge in [0.1, 0.15) is 0 Å². The standard InChI is InChI=1S/C19H38/c1-4-6-7-8-9-10-11-12-13-14-15-16-18-19(3)17-5-2/h17H,4-16,18H2,1-3H3. The Morgan fingerprint density at radius 2 is 1.05 bits per heavy atom. The molecular weight excluding hydrogens is 228 g/mol. The van der Waals surface area contributed by atoms with Gasteiger partial charge in [-0.2, -0.15) is 0 Å². The van der Waals surface area contributed by atoms with Crippen LogP contribution in [0, 0.1) is 0 Å². The summed E-state index contributed by atoms with van der Waals surface area (Å²) in [5, 5.41) is 0. The van der Waals surface area contributed by atoms with Gasteiger partial charge in [0.2, 0.25) is 0 Å². The van der Waals surface area contributed by atoms with Crippen LogP contribution in [-0.4, -0.2) is 0 Å². The summed E-state index contributed by atoms with van der Waals surface area (Å²) in [4.78, 5) is 0. The third-order valence-electron chi connectivity index (χ3n) is 3.98. The van der Waals surface area contributed by atoms with Crippen molar-refractivity contribution >= 4 is 0 Å². The normalized spacial score (nSPS) is 12.1. The molecule has 0 aromatic rings. The van der Waals surface area contributed by atoms with Gasteiger partial charge in [0, 0.05) is 0 Å². The molecule has 0 bridgehead atoms. The number of hydrogen-bond acceptors (Lipinski definition) is 0. The number of allylic oxidation sites excluding steroid dienone is 2. The molecule has 0 heteroatoms. The molecule has 0 nitrogen and oxygen atoms in total. The second kappa shape index (κ2) is 15.8. The Balaban J connectivity index is 3.05. The van der Waals surface area contributed by atoms with E-state index in [9.17, 15) is 0 Å². The van der Waals surface area contributed by atoms with E-state index in [1.807, 2.05) is 0 Å². The highest BCUT2D eigenvalue weighted by Gasteiger charge is 1.94. The van der Waals surface area contributed by atoms with Gasteiger partial charge in [-0.05, 0) is 26.2 Å². The van der Waals surface area contributed by atoms with Crippen molar-refractivity contribution in [3.8, 4) is 0 Å². The maximum absolute atomic E-state index is 2.37. The first-order valence-electron chi connectivity index (χ1n) is 8.96. The van der Waals surface area contributed by atoms with Crippen molar-refractivity contribution in [1.82, 2.24) is 0 Å². The molecule has 0 aromatic carbocycles. The van der Waals surface area contributed by atoms with Crippen LogP contribution < -0.4 is 0 Å². The summed E-state index contributed by atoms with van der Waals surface area (Å²) in [6, 6.07) is 0. The Morgan fingerprint density at radius 3 is 1.47 bits per heavy atom. The van der Waals surface area contributed by atoms with Crippen LogP contribution in [0.3, 0.4) is 0 Å². The van der Waals surface area contributed by atoms with Gasteiger partial charge in [-0.15, -0.1) is 0 Å². The zero-order valence-electron chi connectivity index (χ0n) is 14.0. The molecule has 0 saturated heterocycles. The van der Waals surface area contributed by atoms with Crippen LogP contribution in [0.25, 0.3) is 0 Å². The first-order valence-corrected chi connectivity index (χ1v) is 8.96. The van der Waals surface area contributed by atoms with E-state index in [1.54, 1.807) is 5.57 Å². The molecule has 0 atom stereocenters. The molecule has 0 spiro atoms. The molecule has 0 N–H and O–H groups in total. The van der Waals surface area contributed by atoms with Crippen molar-refractivity contribution in [3.63, 3.8) is 0 Å². The van der Waals surface area contributed by atoms with Crippen molar-refractivity contribution in [2.75, 3.05) is 0 Å². The second-order valence-corrected chi connectivity index (χ2v) is 6.10. The molecule has 0 radical (unpaired) electrons. The zero-order chi connectivity index (χ0) is 14.2. The van der Waals surface area contributed by atoms with Crippen molar-refractivity contribution in [2.24, 2.45) is 0 Å². The van der Waals surface area contributed by atoms with Crippen LogP contribution in [0.15, 0.2) is 11.6 Å². The van der Waals surface area contributed by atoms with E-state index in [-0.39, 0.29) is 0 Å². The molecule has 114 valence electrons. The van der Waals surface area contributed by atoms with Crippen LogP contribution in [0.4, 0.5) is 0 Å². The van der Waals surface area contributed by atoms with Crippen LogP contribution in [0.2, 0.25) is 0 Å². The van der Waals surface area contributed by atoms with Crippen molar-refractivity contribution in [1.29, 1.82) is 0 Å². The highest BCUT2D eigenvalue weighted by atomic mass is 14.0. The van der Waals surface area contributed by atoms with E-state index in [2.05, 4.69) is 26.8 Å². The largest absolute Gasteiger partial charge is 0.0859 e. The monoisotopic (exact) mass is 266 g/mol. The third kappa shape index (κ3) is 15.7. The summed E-state index contributed by atoms with van der Waals surface area (Å²) in [5.74, 6) is 0. The Morgan fingerprint density at radius 1 is 0.632 bits per heavy atom. The lowest BCUT2D eigenvalue weighted by Gasteiger charge is -2.03. The Labute approximate surface area is 123 Å². The van der Waals surface area contributed by atoms with E-state index < -0.39 is 0 Å². The summed E-state index contributed by atoms with van der Waals surface area (Å²) in [5.41, 5.74) is 1.59. The molecule has 0 aromatic heterocycles. The molecule has 0 amide bonds. The fourth-order valence-corrected chi connectivity index (χ4v) is 2.70. The quantitative estimate of drug-likeness (QED) is 0.226. The fourth-order valence-electron chi connectivity index (χ4n) is 2.70. The molecule has 19 heavy (non-hydrogen) atoms. The van der Waals surface area contributed by atoms with E-state index >= 15 is 0 Å². The predicted molar refractivity (Wildman–Crippen MR) is 89.7 cm³/mol. The minimum Gasteiger partial charge on any atom is -0.0859 e. The lowest BCUT2D eigenvalue weighted by atomic mass is 10.0. The molecule has 0 saturated carbocycles. The zero-order valence-corrected chi connectivity index (χ0v) is 14.0. The van der Waals surface area contributed by atoms with Gasteiger partial charge in [-0.3, -0.25) is 0 Å². The van der Waals surface area contributed by atoms with Gasteiger partial charge in [-0.25, -0.2) is 0 Å². The average Bonchev–Trinajstić information content (AvgIpc) is 2.40. The lowest BCUT2D eigenvalue weighted by Crippen LogP contribution is -1.83. The summed E-state index contributed by atoms with van der Waals surface area (Å²) < 4.78 is 0. The smallest absolute Gasteiger partial charge is 0.0323 e. The predicted octanol–water partition coefficient (Wildman–Crippen LogP) is 7.43. The third-order valence-corrected chi connectivity index (χ3v) is 3.98. The molecule has 0 aliphatic carbocycles. The molecule has 0 heterocycles. The SMILES string of the molecule is CCC=C(C)CCCCCCCCCCCCCC. The van der Waals surface area contributed by atoms with Crippen LogP contribution >= 0.6 is 0 Å². The Hall–Kier alpha value is -0.260. The maximum Gasteiger partial charge on any atom is -0.0323 e. The molecule has 0 fully saturated rings. The average molecular weight is 267 g/mol. The molecule has 0 rings (SSSR count). The molecular formula is C19H38. The van der Waals surface area contributed by atoms with Crippen molar-refractivity contribution in [2.45, 2.75) is 111 Å².